The van der Waals surface area contributed by atoms with Gasteiger partial charge in [0.05, 0.1) is 13.2 Å². The Bertz CT molecular complexity index is 547. The Morgan fingerprint density at radius 1 is 1.21 bits per heavy atom. The third kappa shape index (κ3) is 2.99. The molecule has 0 saturated heterocycles. The van der Waals surface area contributed by atoms with Crippen molar-refractivity contribution in [1.29, 1.82) is 0 Å². The second-order valence-corrected chi connectivity index (χ2v) is 5.64. The maximum atomic E-state index is 5.44. The van der Waals surface area contributed by atoms with Gasteiger partial charge in [0.25, 0.3) is 0 Å². The minimum absolute atomic E-state index is 0.250. The van der Waals surface area contributed by atoms with Crippen molar-refractivity contribution in [2.24, 2.45) is 0 Å². The van der Waals surface area contributed by atoms with E-state index in [9.17, 15) is 0 Å². The molecule has 1 unspecified atom stereocenters. The van der Waals surface area contributed by atoms with Gasteiger partial charge in [-0.25, -0.2) is 0 Å². The van der Waals surface area contributed by atoms with Crippen LogP contribution in [0, 0.1) is 13.8 Å². The third-order valence-corrected chi connectivity index (χ3v) is 4.42. The lowest BCUT2D eigenvalue weighted by Gasteiger charge is -2.19. The summed E-state index contributed by atoms with van der Waals surface area (Å²) in [5.74, 6) is 0.953. The number of hydrogen-bond donors (Lipinski definition) is 1. The van der Waals surface area contributed by atoms with E-state index in [0.29, 0.717) is 0 Å². The summed E-state index contributed by atoms with van der Waals surface area (Å²) in [7, 11) is 1.73. The minimum Gasteiger partial charge on any atom is -0.496 e. The summed E-state index contributed by atoms with van der Waals surface area (Å²) >= 11 is 1.81. The van der Waals surface area contributed by atoms with E-state index in [-0.39, 0.29) is 6.04 Å². The molecule has 0 aliphatic rings. The number of benzene rings is 1. The average Bonchev–Trinajstić information content (AvgIpc) is 2.83. The first-order valence-corrected chi connectivity index (χ1v) is 7.47. The zero-order valence-corrected chi connectivity index (χ0v) is 12.8. The van der Waals surface area contributed by atoms with Gasteiger partial charge in [0.2, 0.25) is 0 Å². The number of methoxy groups -OCH3 is 1. The SMILES string of the molecule is CCNC(c1ccc(C)c(OC)c1)c1sccc1C. The third-order valence-electron chi connectivity index (χ3n) is 3.34. The lowest BCUT2D eigenvalue weighted by Crippen LogP contribution is -2.21. The molecule has 0 saturated carbocycles. The van der Waals surface area contributed by atoms with E-state index in [1.807, 2.05) is 0 Å². The molecular formula is C16H21NOS. The number of nitrogens with one attached hydrogen (secondary N) is 1. The molecule has 3 heteroatoms. The Morgan fingerprint density at radius 3 is 2.58 bits per heavy atom. The van der Waals surface area contributed by atoms with Gasteiger partial charge in [-0.05, 0) is 54.6 Å². The first kappa shape index (κ1) is 14.1. The van der Waals surface area contributed by atoms with E-state index in [1.54, 1.807) is 18.4 Å². The van der Waals surface area contributed by atoms with Crippen LogP contribution in [0.15, 0.2) is 29.6 Å². The lowest BCUT2D eigenvalue weighted by molar-refractivity contribution is 0.410. The zero-order chi connectivity index (χ0) is 13.8. The number of thiophene rings is 1. The highest BCUT2D eigenvalue weighted by molar-refractivity contribution is 7.10. The van der Waals surface area contributed by atoms with Crippen molar-refractivity contribution in [3.05, 3.63) is 51.2 Å². The van der Waals surface area contributed by atoms with E-state index < -0.39 is 0 Å². The second-order valence-electron chi connectivity index (χ2n) is 4.69. The Balaban J connectivity index is 2.42. The molecule has 2 rings (SSSR count). The number of ether oxygens (including phenoxy) is 1. The van der Waals surface area contributed by atoms with Gasteiger partial charge in [0, 0.05) is 4.88 Å². The van der Waals surface area contributed by atoms with Gasteiger partial charge in [-0.15, -0.1) is 11.3 Å². The molecule has 19 heavy (non-hydrogen) atoms. The van der Waals surface area contributed by atoms with E-state index >= 15 is 0 Å². The number of rotatable bonds is 5. The first-order chi connectivity index (χ1) is 9.17. The molecule has 2 nitrogen and oxygen atoms in total. The van der Waals surface area contributed by atoms with Gasteiger partial charge in [-0.3, -0.25) is 0 Å². The highest BCUT2D eigenvalue weighted by Gasteiger charge is 2.17. The summed E-state index contributed by atoms with van der Waals surface area (Å²) in [6.45, 7) is 7.32. The molecule has 2 aromatic rings. The summed E-state index contributed by atoms with van der Waals surface area (Å²) in [5, 5.41) is 5.72. The fraction of sp³-hybridized carbons (Fsp3) is 0.375. The number of hydrogen-bond acceptors (Lipinski definition) is 3. The quantitative estimate of drug-likeness (QED) is 0.888. The zero-order valence-electron chi connectivity index (χ0n) is 12.0. The van der Waals surface area contributed by atoms with Gasteiger partial charge in [0.1, 0.15) is 5.75 Å². The molecule has 0 aliphatic carbocycles. The second kappa shape index (κ2) is 6.22. The number of aryl methyl sites for hydroxylation is 2. The Hall–Kier alpha value is -1.32. The topological polar surface area (TPSA) is 21.3 Å². The van der Waals surface area contributed by atoms with Crippen LogP contribution in [-0.4, -0.2) is 13.7 Å². The van der Waals surface area contributed by atoms with Crippen LogP contribution in [0.4, 0.5) is 0 Å². The van der Waals surface area contributed by atoms with Gasteiger partial charge >= 0.3 is 0 Å². The van der Waals surface area contributed by atoms with Crippen molar-refractivity contribution in [3.63, 3.8) is 0 Å². The molecule has 1 N–H and O–H groups in total. The van der Waals surface area contributed by atoms with Crippen LogP contribution >= 0.6 is 11.3 Å². The molecule has 0 fully saturated rings. The van der Waals surface area contributed by atoms with Crippen LogP contribution in [0.1, 0.15) is 34.5 Å². The Morgan fingerprint density at radius 2 is 2.00 bits per heavy atom. The van der Waals surface area contributed by atoms with Crippen LogP contribution in [0.3, 0.4) is 0 Å². The van der Waals surface area contributed by atoms with Gasteiger partial charge in [-0.1, -0.05) is 19.1 Å². The molecule has 1 aromatic heterocycles. The van der Waals surface area contributed by atoms with Crippen LogP contribution in [0.2, 0.25) is 0 Å². The Kier molecular flexibility index (Phi) is 4.61. The van der Waals surface area contributed by atoms with Crippen LogP contribution < -0.4 is 10.1 Å². The van der Waals surface area contributed by atoms with Crippen molar-refractivity contribution in [2.45, 2.75) is 26.8 Å². The highest BCUT2D eigenvalue weighted by Crippen LogP contribution is 2.32. The van der Waals surface area contributed by atoms with Crippen molar-refractivity contribution < 1.29 is 4.74 Å². The fourth-order valence-electron chi connectivity index (χ4n) is 2.26. The molecule has 0 aliphatic heterocycles. The van der Waals surface area contributed by atoms with Gasteiger partial charge in [-0.2, -0.15) is 0 Å². The van der Waals surface area contributed by atoms with E-state index in [4.69, 9.17) is 4.74 Å². The van der Waals surface area contributed by atoms with Crippen molar-refractivity contribution in [1.82, 2.24) is 5.32 Å². The average molecular weight is 275 g/mol. The van der Waals surface area contributed by atoms with Crippen LogP contribution in [-0.2, 0) is 0 Å². The molecule has 1 aromatic carbocycles. The summed E-state index contributed by atoms with van der Waals surface area (Å²) in [6, 6.07) is 8.88. The van der Waals surface area contributed by atoms with E-state index in [1.165, 1.54) is 21.6 Å². The largest absolute Gasteiger partial charge is 0.496 e. The maximum absolute atomic E-state index is 5.44. The maximum Gasteiger partial charge on any atom is 0.122 e. The molecule has 1 heterocycles. The molecule has 0 radical (unpaired) electrons. The monoisotopic (exact) mass is 275 g/mol. The molecule has 102 valence electrons. The lowest BCUT2D eigenvalue weighted by atomic mass is 10.0. The highest BCUT2D eigenvalue weighted by atomic mass is 32.1. The van der Waals surface area contributed by atoms with E-state index in [0.717, 1.165) is 12.3 Å². The summed E-state index contributed by atoms with van der Waals surface area (Å²) in [5.41, 5.74) is 3.77. The standard InChI is InChI=1S/C16H21NOS/c1-5-17-15(16-12(3)8-9-19-16)13-7-6-11(2)14(10-13)18-4/h6-10,15,17H,5H2,1-4H3. The smallest absolute Gasteiger partial charge is 0.122 e. The predicted molar refractivity (Wildman–Crippen MR) is 82.3 cm³/mol. The summed E-state index contributed by atoms with van der Waals surface area (Å²) in [4.78, 5) is 1.38. The van der Waals surface area contributed by atoms with Gasteiger partial charge in [0.15, 0.2) is 0 Å². The summed E-state index contributed by atoms with van der Waals surface area (Å²) < 4.78 is 5.44. The predicted octanol–water partition coefficient (Wildman–Crippen LogP) is 4.07. The van der Waals surface area contributed by atoms with Crippen LogP contribution in [0.5, 0.6) is 5.75 Å². The molecule has 0 amide bonds. The molecular weight excluding hydrogens is 254 g/mol. The van der Waals surface area contributed by atoms with E-state index in [2.05, 4.69) is 55.7 Å². The van der Waals surface area contributed by atoms with Gasteiger partial charge < -0.3 is 10.1 Å². The normalized spacial score (nSPS) is 12.4. The minimum atomic E-state index is 0.250. The molecule has 0 bridgehead atoms. The molecule has 0 spiro atoms. The van der Waals surface area contributed by atoms with Crippen molar-refractivity contribution >= 4 is 11.3 Å². The van der Waals surface area contributed by atoms with Crippen molar-refractivity contribution in [2.75, 3.05) is 13.7 Å². The first-order valence-electron chi connectivity index (χ1n) is 6.59. The summed E-state index contributed by atoms with van der Waals surface area (Å²) in [6.07, 6.45) is 0. The van der Waals surface area contributed by atoms with Crippen LogP contribution in [0.25, 0.3) is 0 Å². The Labute approximate surface area is 119 Å². The fourth-order valence-corrected chi connectivity index (χ4v) is 3.29. The molecule has 1 atom stereocenters. The van der Waals surface area contributed by atoms with Crippen molar-refractivity contribution in [3.8, 4) is 5.75 Å².